The molecule has 3 aliphatic heterocycles. The number of carbonyl (C=O) groups excluding carboxylic acids is 1. The third-order valence-corrected chi connectivity index (χ3v) is 8.56. The van der Waals surface area contributed by atoms with E-state index in [-0.39, 0.29) is 23.6 Å². The van der Waals surface area contributed by atoms with Gasteiger partial charge in [0.15, 0.2) is 0 Å². The maximum atomic E-state index is 13.0. The lowest BCUT2D eigenvalue weighted by Gasteiger charge is -2.34. The molecular weight excluding hydrogens is 545 g/mol. The number of hydrogen-bond acceptors (Lipinski definition) is 7. The van der Waals surface area contributed by atoms with Crippen molar-refractivity contribution in [1.82, 2.24) is 14.9 Å². The summed E-state index contributed by atoms with van der Waals surface area (Å²) in [4.78, 5) is 17.4. The normalized spacial score (nSPS) is 20.9. The number of piperidine rings is 2. The Morgan fingerprint density at radius 1 is 1.12 bits per heavy atom. The number of benzene rings is 2. The average Bonchev–Trinajstić information content (AvgIpc) is 3.23. The first-order chi connectivity index (χ1) is 19.1. The number of rotatable bonds is 7. The summed E-state index contributed by atoms with van der Waals surface area (Å²) in [5, 5.41) is 7.67. The lowest BCUT2D eigenvalue weighted by atomic mass is 9.89. The van der Waals surface area contributed by atoms with Gasteiger partial charge >= 0.3 is 6.36 Å². The van der Waals surface area contributed by atoms with E-state index in [1.54, 1.807) is 15.8 Å². The van der Waals surface area contributed by atoms with Crippen LogP contribution in [-0.4, -0.2) is 64.8 Å². The van der Waals surface area contributed by atoms with Gasteiger partial charge in [0.2, 0.25) is 0 Å². The van der Waals surface area contributed by atoms with Gasteiger partial charge in [-0.05, 0) is 87.2 Å². The van der Waals surface area contributed by atoms with E-state index in [0.717, 1.165) is 42.8 Å². The van der Waals surface area contributed by atoms with Crippen molar-refractivity contribution in [1.29, 1.82) is 0 Å². The van der Waals surface area contributed by atoms with Crippen molar-refractivity contribution in [2.24, 2.45) is 4.99 Å². The summed E-state index contributed by atoms with van der Waals surface area (Å²) in [6.07, 6.45) is -0.137. The zero-order chi connectivity index (χ0) is 28.3. The molecule has 2 fully saturated rings. The van der Waals surface area contributed by atoms with Gasteiger partial charge in [0.25, 0.3) is 5.91 Å². The molecule has 0 aliphatic carbocycles. The van der Waals surface area contributed by atoms with E-state index in [1.165, 1.54) is 18.2 Å². The number of aryl methyl sites for hydroxylation is 1. The van der Waals surface area contributed by atoms with Gasteiger partial charge in [-0.1, -0.05) is 18.2 Å². The highest BCUT2D eigenvalue weighted by Crippen LogP contribution is 2.33. The van der Waals surface area contributed by atoms with Crippen LogP contribution in [0.15, 0.2) is 52.9 Å². The van der Waals surface area contributed by atoms with Crippen LogP contribution >= 0.6 is 0 Å². The Labute approximate surface area is 233 Å². The van der Waals surface area contributed by atoms with E-state index in [1.807, 2.05) is 31.2 Å². The molecule has 1 unspecified atom stereocenters. The summed E-state index contributed by atoms with van der Waals surface area (Å²) in [6, 6.07) is 11.2. The first-order valence-corrected chi connectivity index (χ1v) is 14.4. The van der Waals surface area contributed by atoms with Crippen molar-refractivity contribution in [2.75, 3.05) is 26.2 Å². The van der Waals surface area contributed by atoms with Crippen molar-refractivity contribution in [3.63, 3.8) is 0 Å². The Morgan fingerprint density at radius 3 is 2.58 bits per heavy atom. The van der Waals surface area contributed by atoms with E-state index in [4.69, 9.17) is 4.74 Å². The van der Waals surface area contributed by atoms with Crippen LogP contribution in [0.1, 0.15) is 42.4 Å². The highest BCUT2D eigenvalue weighted by atomic mass is 32.2. The first-order valence-electron chi connectivity index (χ1n) is 13.2. The fraction of sp³-hybridized carbons (Fsp3) is 0.429. The van der Waals surface area contributed by atoms with Crippen LogP contribution in [0, 0.1) is 6.92 Å². The number of alkyl halides is 3. The molecule has 214 valence electrons. The monoisotopic (exact) mass is 576 g/mol. The molecule has 1 amide bonds. The number of nitrogens with zero attached hydrogens (tertiary/aromatic N) is 2. The van der Waals surface area contributed by atoms with E-state index >= 15 is 0 Å². The summed E-state index contributed by atoms with van der Waals surface area (Å²) in [7, 11) is 0. The lowest BCUT2D eigenvalue weighted by Crippen LogP contribution is -2.50. The van der Waals surface area contributed by atoms with Crippen molar-refractivity contribution in [2.45, 2.75) is 50.6 Å². The van der Waals surface area contributed by atoms with Crippen LogP contribution in [-0.2, 0) is 16.2 Å². The Hall–Kier alpha value is -3.06. The van der Waals surface area contributed by atoms with Crippen LogP contribution < -0.4 is 20.1 Å². The first kappa shape index (κ1) is 28.5. The molecule has 2 N–H and O–H groups in total. The van der Waals surface area contributed by atoms with Gasteiger partial charge in [-0.3, -0.25) is 9.79 Å². The molecule has 40 heavy (non-hydrogen) atoms. The van der Waals surface area contributed by atoms with Gasteiger partial charge in [-0.15, -0.1) is 17.5 Å². The van der Waals surface area contributed by atoms with Gasteiger partial charge in [0.1, 0.15) is 34.4 Å². The van der Waals surface area contributed by atoms with Gasteiger partial charge in [0, 0.05) is 18.7 Å². The number of hydrogen-bond donors (Lipinski definition) is 2. The molecule has 0 radical (unpaired) electrons. The highest BCUT2D eigenvalue weighted by Gasteiger charge is 2.47. The third kappa shape index (κ3) is 6.80. The SMILES string of the molecule is Cc1cc(OC2CCNCC2)ccc1/C=C/[S+]([O-])N1CCC2(CC1)N=C(c1cccc(OC(F)(F)F)c1)NC2=O. The molecule has 8 nitrogen and oxygen atoms in total. The number of amidine groups is 1. The zero-order valence-corrected chi connectivity index (χ0v) is 22.8. The minimum absolute atomic E-state index is 0.204. The molecule has 2 saturated heterocycles. The minimum Gasteiger partial charge on any atom is -0.593 e. The quantitative estimate of drug-likeness (QED) is 0.483. The van der Waals surface area contributed by atoms with Crippen LogP contribution in [0.25, 0.3) is 6.08 Å². The van der Waals surface area contributed by atoms with Gasteiger partial charge in [-0.25, -0.2) is 0 Å². The smallest absolute Gasteiger partial charge is 0.573 e. The van der Waals surface area contributed by atoms with Crippen molar-refractivity contribution in [3.05, 3.63) is 64.6 Å². The fourth-order valence-corrected chi connectivity index (χ4v) is 6.08. The van der Waals surface area contributed by atoms with Crippen LogP contribution in [0.4, 0.5) is 13.2 Å². The number of aliphatic imine (C=N–C) groups is 1. The largest absolute Gasteiger partial charge is 0.593 e. The second-order valence-corrected chi connectivity index (χ2v) is 11.5. The van der Waals surface area contributed by atoms with Crippen molar-refractivity contribution < 1.29 is 32.0 Å². The number of nitrogens with one attached hydrogen (secondary N) is 2. The second kappa shape index (κ2) is 11.8. The van der Waals surface area contributed by atoms with Crippen LogP contribution in [0.5, 0.6) is 11.5 Å². The molecule has 12 heteroatoms. The fourth-order valence-electron chi connectivity index (χ4n) is 5.10. The number of halogens is 3. The third-order valence-electron chi connectivity index (χ3n) is 7.32. The zero-order valence-electron chi connectivity index (χ0n) is 22.0. The molecule has 0 bridgehead atoms. The maximum absolute atomic E-state index is 13.0. The van der Waals surface area contributed by atoms with Crippen LogP contribution in [0.2, 0.25) is 0 Å². The predicted molar refractivity (Wildman–Crippen MR) is 146 cm³/mol. The van der Waals surface area contributed by atoms with Crippen molar-refractivity contribution in [3.8, 4) is 11.5 Å². The molecule has 0 aromatic heterocycles. The van der Waals surface area contributed by atoms with Gasteiger partial charge < -0.3 is 24.7 Å². The Balaban J connectivity index is 1.18. The number of ether oxygens (including phenoxy) is 2. The lowest BCUT2D eigenvalue weighted by molar-refractivity contribution is -0.274. The highest BCUT2D eigenvalue weighted by molar-refractivity contribution is 7.92. The van der Waals surface area contributed by atoms with Gasteiger partial charge in [-0.2, -0.15) is 0 Å². The maximum Gasteiger partial charge on any atom is 0.573 e. The molecule has 3 heterocycles. The summed E-state index contributed by atoms with van der Waals surface area (Å²) < 4.78 is 62.7. The molecule has 0 saturated carbocycles. The minimum atomic E-state index is -4.82. The van der Waals surface area contributed by atoms with E-state index in [2.05, 4.69) is 20.4 Å². The van der Waals surface area contributed by atoms with E-state index in [9.17, 15) is 22.5 Å². The molecule has 1 spiro atoms. The summed E-state index contributed by atoms with van der Waals surface area (Å²) >= 11 is -1.40. The second-order valence-electron chi connectivity index (χ2n) is 10.1. The predicted octanol–water partition coefficient (Wildman–Crippen LogP) is 4.07. The number of carbonyl (C=O) groups is 1. The molecule has 2 aromatic carbocycles. The van der Waals surface area contributed by atoms with Crippen molar-refractivity contribution >= 4 is 29.2 Å². The molecular formula is C28H31F3N4O4S. The standard InChI is InChI=1S/C28H31F3N4O4S/c1-19-17-23(38-22-7-12-32-13-8-22)6-5-20(19)9-16-40(37)35-14-10-27(11-15-35)26(36)33-25(34-27)21-3-2-4-24(18-21)39-28(29,30)31/h2-6,9,16-18,22,32H,7-8,10-15H2,1H3,(H,33,34,36)/b16-9+. The molecule has 5 rings (SSSR count). The van der Waals surface area contributed by atoms with E-state index in [0.29, 0.717) is 31.5 Å². The van der Waals surface area contributed by atoms with Gasteiger partial charge in [0.05, 0.1) is 11.4 Å². The average molecular weight is 577 g/mol. The summed E-state index contributed by atoms with van der Waals surface area (Å²) in [5.41, 5.74) is 1.25. The Morgan fingerprint density at radius 2 is 1.88 bits per heavy atom. The van der Waals surface area contributed by atoms with E-state index < -0.39 is 23.3 Å². The number of amides is 1. The Kier molecular flexibility index (Phi) is 8.41. The summed E-state index contributed by atoms with van der Waals surface area (Å²) in [5.74, 6) is 0.334. The Bertz CT molecular complexity index is 1290. The van der Waals surface area contributed by atoms with Crippen LogP contribution in [0.3, 0.4) is 0 Å². The molecule has 2 aromatic rings. The summed E-state index contributed by atoms with van der Waals surface area (Å²) in [6.45, 7) is 4.66. The topological polar surface area (TPSA) is 98.2 Å². The molecule has 3 aliphatic rings. The molecule has 1 atom stereocenters.